The molecule has 0 aromatic heterocycles. The third kappa shape index (κ3) is 8.06. The molecule has 0 radical (unpaired) electrons. The summed E-state index contributed by atoms with van der Waals surface area (Å²) in [5.74, 6) is 0.793. The van der Waals surface area contributed by atoms with E-state index < -0.39 is 0 Å². The summed E-state index contributed by atoms with van der Waals surface area (Å²) in [6.45, 7) is 9.49. The zero-order valence-electron chi connectivity index (χ0n) is 12.5. The number of hydrogen-bond acceptors (Lipinski definition) is 3. The van der Waals surface area contributed by atoms with E-state index in [1.165, 1.54) is 38.8 Å². The van der Waals surface area contributed by atoms with Gasteiger partial charge < -0.3 is 14.4 Å². The van der Waals surface area contributed by atoms with Crippen LogP contribution in [-0.2, 0) is 9.47 Å². The SMILES string of the molecule is CC(C)CCCOCCCOC1CCN(C)CC1. The lowest BCUT2D eigenvalue weighted by Gasteiger charge is -2.28. The first-order chi connectivity index (χ1) is 8.68. The highest BCUT2D eigenvalue weighted by molar-refractivity contribution is 4.69. The molecular weight excluding hydrogens is 226 g/mol. The molecular formula is C15H31NO2. The predicted molar refractivity (Wildman–Crippen MR) is 76.0 cm³/mol. The van der Waals surface area contributed by atoms with Gasteiger partial charge in [-0.05, 0) is 45.1 Å². The molecule has 1 saturated heterocycles. The van der Waals surface area contributed by atoms with E-state index in [1.54, 1.807) is 0 Å². The molecule has 0 spiro atoms. The van der Waals surface area contributed by atoms with E-state index >= 15 is 0 Å². The van der Waals surface area contributed by atoms with Gasteiger partial charge >= 0.3 is 0 Å². The lowest BCUT2D eigenvalue weighted by Crippen LogP contribution is -2.34. The van der Waals surface area contributed by atoms with E-state index in [-0.39, 0.29) is 0 Å². The Bertz CT molecular complexity index is 189. The number of rotatable bonds is 9. The van der Waals surface area contributed by atoms with Crippen molar-refractivity contribution in [2.75, 3.05) is 40.0 Å². The topological polar surface area (TPSA) is 21.7 Å². The Kier molecular flexibility index (Phi) is 8.64. The molecule has 0 aromatic carbocycles. The fraction of sp³-hybridized carbons (Fsp3) is 1.00. The lowest BCUT2D eigenvalue weighted by atomic mass is 10.1. The monoisotopic (exact) mass is 257 g/mol. The summed E-state index contributed by atoms with van der Waals surface area (Å²) in [7, 11) is 2.18. The predicted octanol–water partition coefficient (Wildman–Crippen LogP) is 2.94. The minimum Gasteiger partial charge on any atom is -0.381 e. The van der Waals surface area contributed by atoms with Gasteiger partial charge in [0.2, 0.25) is 0 Å². The standard InChI is InChI=1S/C15H31NO2/c1-14(2)6-4-11-17-12-5-13-18-15-7-9-16(3)10-8-15/h14-15H,4-13H2,1-3H3. The molecule has 1 aliphatic rings. The van der Waals surface area contributed by atoms with Crippen LogP contribution in [-0.4, -0.2) is 51.0 Å². The van der Waals surface area contributed by atoms with Crippen LogP contribution in [0.4, 0.5) is 0 Å². The highest BCUT2D eigenvalue weighted by atomic mass is 16.5. The molecule has 0 amide bonds. The molecule has 1 aliphatic heterocycles. The second-order valence-corrected chi connectivity index (χ2v) is 5.88. The van der Waals surface area contributed by atoms with Gasteiger partial charge in [-0.1, -0.05) is 13.8 Å². The molecule has 108 valence electrons. The van der Waals surface area contributed by atoms with Gasteiger partial charge in [0.1, 0.15) is 0 Å². The molecule has 0 saturated carbocycles. The number of ether oxygens (including phenoxy) is 2. The number of hydrogen-bond donors (Lipinski definition) is 0. The van der Waals surface area contributed by atoms with E-state index in [2.05, 4.69) is 25.8 Å². The summed E-state index contributed by atoms with van der Waals surface area (Å²) in [5.41, 5.74) is 0. The molecule has 3 nitrogen and oxygen atoms in total. The van der Waals surface area contributed by atoms with Crippen LogP contribution in [0.2, 0.25) is 0 Å². The molecule has 1 rings (SSSR count). The zero-order valence-corrected chi connectivity index (χ0v) is 12.5. The Balaban J connectivity index is 1.81. The zero-order chi connectivity index (χ0) is 13.2. The van der Waals surface area contributed by atoms with Crippen LogP contribution < -0.4 is 0 Å². The average molecular weight is 257 g/mol. The molecule has 0 aromatic rings. The Morgan fingerprint density at radius 1 is 1.06 bits per heavy atom. The van der Waals surface area contributed by atoms with Crippen LogP contribution in [0.1, 0.15) is 46.0 Å². The van der Waals surface area contributed by atoms with Crippen molar-refractivity contribution in [3.63, 3.8) is 0 Å². The second kappa shape index (κ2) is 9.76. The Labute approximate surface area is 113 Å². The molecule has 0 atom stereocenters. The molecule has 3 heteroatoms. The third-order valence-corrected chi connectivity index (χ3v) is 3.52. The third-order valence-electron chi connectivity index (χ3n) is 3.52. The van der Waals surface area contributed by atoms with Crippen molar-refractivity contribution in [1.29, 1.82) is 0 Å². The van der Waals surface area contributed by atoms with Crippen molar-refractivity contribution in [2.45, 2.75) is 52.1 Å². The van der Waals surface area contributed by atoms with E-state index in [4.69, 9.17) is 9.47 Å². The second-order valence-electron chi connectivity index (χ2n) is 5.88. The van der Waals surface area contributed by atoms with Gasteiger partial charge in [0.05, 0.1) is 6.10 Å². The summed E-state index contributed by atoms with van der Waals surface area (Å²) in [5, 5.41) is 0. The van der Waals surface area contributed by atoms with Gasteiger partial charge in [0.25, 0.3) is 0 Å². The van der Waals surface area contributed by atoms with Crippen molar-refractivity contribution in [3.05, 3.63) is 0 Å². The largest absolute Gasteiger partial charge is 0.381 e. The first kappa shape index (κ1) is 15.9. The minimum absolute atomic E-state index is 0.488. The quantitative estimate of drug-likeness (QED) is 0.593. The lowest BCUT2D eigenvalue weighted by molar-refractivity contribution is 0.00102. The normalized spacial score (nSPS) is 18.7. The molecule has 1 fully saturated rings. The van der Waals surface area contributed by atoms with Crippen LogP contribution in [0, 0.1) is 5.92 Å². The molecule has 0 bridgehead atoms. The molecule has 0 unspecified atom stereocenters. The highest BCUT2D eigenvalue weighted by Crippen LogP contribution is 2.12. The van der Waals surface area contributed by atoms with E-state index in [0.717, 1.165) is 32.2 Å². The Hall–Kier alpha value is -0.120. The minimum atomic E-state index is 0.488. The van der Waals surface area contributed by atoms with Crippen LogP contribution >= 0.6 is 0 Å². The van der Waals surface area contributed by atoms with Gasteiger partial charge in [0, 0.05) is 32.9 Å². The Morgan fingerprint density at radius 2 is 1.72 bits per heavy atom. The number of nitrogens with zero attached hydrogens (tertiary/aromatic N) is 1. The van der Waals surface area contributed by atoms with Gasteiger partial charge in [-0.3, -0.25) is 0 Å². The molecule has 18 heavy (non-hydrogen) atoms. The maximum atomic E-state index is 5.87. The number of piperidine rings is 1. The first-order valence-electron chi connectivity index (χ1n) is 7.56. The van der Waals surface area contributed by atoms with Crippen LogP contribution in [0.3, 0.4) is 0 Å². The van der Waals surface area contributed by atoms with Crippen molar-refractivity contribution >= 4 is 0 Å². The summed E-state index contributed by atoms with van der Waals surface area (Å²) in [6, 6.07) is 0. The Morgan fingerprint density at radius 3 is 2.39 bits per heavy atom. The van der Waals surface area contributed by atoms with Gasteiger partial charge in [-0.15, -0.1) is 0 Å². The maximum Gasteiger partial charge on any atom is 0.0599 e. The molecule has 0 aliphatic carbocycles. The van der Waals surface area contributed by atoms with Crippen molar-refractivity contribution in [1.82, 2.24) is 4.90 Å². The summed E-state index contributed by atoms with van der Waals surface area (Å²) in [6.07, 6.45) is 6.35. The van der Waals surface area contributed by atoms with Gasteiger partial charge in [0.15, 0.2) is 0 Å². The smallest absolute Gasteiger partial charge is 0.0599 e. The van der Waals surface area contributed by atoms with Crippen molar-refractivity contribution < 1.29 is 9.47 Å². The summed E-state index contributed by atoms with van der Waals surface area (Å²) >= 11 is 0. The van der Waals surface area contributed by atoms with E-state index in [1.807, 2.05) is 0 Å². The summed E-state index contributed by atoms with van der Waals surface area (Å²) in [4.78, 5) is 2.37. The average Bonchev–Trinajstić information content (AvgIpc) is 2.34. The highest BCUT2D eigenvalue weighted by Gasteiger charge is 2.16. The van der Waals surface area contributed by atoms with Crippen LogP contribution in [0.5, 0.6) is 0 Å². The fourth-order valence-corrected chi connectivity index (χ4v) is 2.26. The van der Waals surface area contributed by atoms with Crippen molar-refractivity contribution in [3.8, 4) is 0 Å². The van der Waals surface area contributed by atoms with E-state index in [9.17, 15) is 0 Å². The first-order valence-corrected chi connectivity index (χ1v) is 7.56. The molecule has 0 N–H and O–H groups in total. The maximum absolute atomic E-state index is 5.87. The van der Waals surface area contributed by atoms with Gasteiger partial charge in [-0.2, -0.15) is 0 Å². The number of likely N-dealkylation sites (tertiary alicyclic amines) is 1. The van der Waals surface area contributed by atoms with Crippen LogP contribution in [0.15, 0.2) is 0 Å². The van der Waals surface area contributed by atoms with Crippen molar-refractivity contribution in [2.24, 2.45) is 5.92 Å². The summed E-state index contributed by atoms with van der Waals surface area (Å²) < 4.78 is 11.5. The van der Waals surface area contributed by atoms with E-state index in [0.29, 0.717) is 6.10 Å². The van der Waals surface area contributed by atoms with Gasteiger partial charge in [-0.25, -0.2) is 0 Å². The van der Waals surface area contributed by atoms with Crippen LogP contribution in [0.25, 0.3) is 0 Å². The fourth-order valence-electron chi connectivity index (χ4n) is 2.26. The molecule has 1 heterocycles.